The molecule has 2 saturated heterocycles. The third kappa shape index (κ3) is 9.50. The molecule has 0 bridgehead atoms. The molecule has 0 spiro atoms. The van der Waals surface area contributed by atoms with E-state index in [0.29, 0.717) is 24.3 Å². The number of rotatable bonds is 12. The maximum atomic E-state index is 12.8. The van der Waals surface area contributed by atoms with Gasteiger partial charge in [0.25, 0.3) is 0 Å². The van der Waals surface area contributed by atoms with Crippen molar-refractivity contribution in [2.24, 2.45) is 11.8 Å². The molecule has 0 unspecified atom stereocenters. The van der Waals surface area contributed by atoms with Crippen molar-refractivity contribution in [3.63, 3.8) is 0 Å². The van der Waals surface area contributed by atoms with Crippen molar-refractivity contribution in [1.82, 2.24) is 20.4 Å². The first-order chi connectivity index (χ1) is 18.5. The molecule has 2 heterocycles. The number of nitrogens with zero attached hydrogens (tertiary/aromatic N) is 2. The van der Waals surface area contributed by atoms with Crippen molar-refractivity contribution in [1.29, 1.82) is 0 Å². The summed E-state index contributed by atoms with van der Waals surface area (Å²) in [5.74, 6) is 3.41. The molecule has 0 radical (unpaired) electrons. The molecule has 1 amide bonds. The second-order valence-corrected chi connectivity index (χ2v) is 13.6. The summed E-state index contributed by atoms with van der Waals surface area (Å²) in [7, 11) is 0. The van der Waals surface area contributed by atoms with Crippen LogP contribution >= 0.6 is 24.0 Å². The van der Waals surface area contributed by atoms with E-state index in [-0.39, 0.29) is 12.1 Å². The number of thiocarbonyl (C=S) groups is 1. The summed E-state index contributed by atoms with van der Waals surface area (Å²) in [6.07, 6.45) is 12.2. The number of nitrogens with one attached hydrogen (secondary N) is 2. The maximum absolute atomic E-state index is 12.8. The molecule has 2 atom stereocenters. The lowest BCUT2D eigenvalue weighted by Crippen LogP contribution is -2.53. The Bertz CT molecular complexity index is 853. The normalized spacial score (nSPS) is 22.6. The molecule has 3 fully saturated rings. The minimum Gasteiger partial charge on any atom is -0.376 e. The smallest absolute Gasteiger partial charge is 0.223 e. The fraction of sp³-hybridized carbons (Fsp3) is 0.742. The van der Waals surface area contributed by atoms with Crippen LogP contribution in [0.1, 0.15) is 83.6 Å². The van der Waals surface area contributed by atoms with Crippen LogP contribution in [0.5, 0.6) is 0 Å². The van der Waals surface area contributed by atoms with Crippen molar-refractivity contribution in [3.8, 4) is 0 Å². The number of hydrogen-bond donors (Lipinski definition) is 2. The van der Waals surface area contributed by atoms with Crippen molar-refractivity contribution in [2.45, 2.75) is 103 Å². The van der Waals surface area contributed by atoms with Crippen LogP contribution in [0.2, 0.25) is 0 Å². The second kappa shape index (κ2) is 15.6. The minimum atomic E-state index is 0.196. The highest BCUT2D eigenvalue weighted by Gasteiger charge is 2.31. The first-order valence-electron chi connectivity index (χ1n) is 15.1. The summed E-state index contributed by atoms with van der Waals surface area (Å²) in [6.45, 7) is 8.36. The lowest BCUT2D eigenvalue weighted by molar-refractivity contribution is -0.132. The summed E-state index contributed by atoms with van der Waals surface area (Å²) < 4.78 is 0. The fourth-order valence-electron chi connectivity index (χ4n) is 6.25. The average molecular weight is 559 g/mol. The number of benzene rings is 1. The van der Waals surface area contributed by atoms with Gasteiger partial charge in [-0.3, -0.25) is 9.69 Å². The Morgan fingerprint density at radius 3 is 2.53 bits per heavy atom. The van der Waals surface area contributed by atoms with Crippen LogP contribution < -0.4 is 10.6 Å². The molecule has 2 N–H and O–H groups in total. The zero-order valence-corrected chi connectivity index (χ0v) is 25.3. The lowest BCUT2D eigenvalue weighted by Gasteiger charge is -2.35. The van der Waals surface area contributed by atoms with Gasteiger partial charge in [0.05, 0.1) is 22.9 Å². The van der Waals surface area contributed by atoms with Crippen LogP contribution in [-0.2, 0) is 11.3 Å². The molecule has 212 valence electrons. The Hall–Kier alpha value is -1.15. The monoisotopic (exact) mass is 558 g/mol. The number of likely N-dealkylation sites (tertiary alicyclic amines) is 1. The van der Waals surface area contributed by atoms with Crippen molar-refractivity contribution >= 4 is 34.9 Å². The zero-order valence-electron chi connectivity index (χ0n) is 23.7. The van der Waals surface area contributed by atoms with Crippen LogP contribution in [0.15, 0.2) is 30.3 Å². The number of piperidine rings is 1. The van der Waals surface area contributed by atoms with Gasteiger partial charge in [0.2, 0.25) is 5.91 Å². The molecule has 1 aromatic carbocycles. The van der Waals surface area contributed by atoms with Gasteiger partial charge in [0, 0.05) is 44.4 Å². The van der Waals surface area contributed by atoms with Gasteiger partial charge in [-0.25, -0.2) is 0 Å². The van der Waals surface area contributed by atoms with Gasteiger partial charge in [-0.15, -0.1) is 11.8 Å². The standard InChI is InChI=1S/C31H50N4OS2/c1-24(2)19-30(36)35-23-38-22-28(35)20-32-29(14-13-25-9-5-3-6-10-25)31(37)33-27-15-17-34(18-16-27)21-26-11-7-4-8-12-26/h4,7-8,11-12,24-25,27-29,32H,3,5-6,9-10,13-23H2,1-2H3,(H,33,37)/t28-,29-/m1/s1. The fourth-order valence-corrected chi connectivity index (χ4v) is 7.85. The number of amides is 1. The number of carbonyl (C=O) groups excluding carboxylic acids is 1. The first-order valence-corrected chi connectivity index (χ1v) is 16.7. The van der Waals surface area contributed by atoms with E-state index in [9.17, 15) is 4.79 Å². The van der Waals surface area contributed by atoms with Gasteiger partial charge >= 0.3 is 0 Å². The maximum Gasteiger partial charge on any atom is 0.223 e. The Labute approximate surface area is 241 Å². The Balaban J connectivity index is 1.28. The molecule has 3 aliphatic rings. The highest BCUT2D eigenvalue weighted by atomic mass is 32.2. The van der Waals surface area contributed by atoms with E-state index < -0.39 is 0 Å². The summed E-state index contributed by atoms with van der Waals surface area (Å²) >= 11 is 7.95. The molecular formula is C31H50N4OS2. The summed E-state index contributed by atoms with van der Waals surface area (Å²) in [4.78, 5) is 18.5. The average Bonchev–Trinajstić information content (AvgIpc) is 3.39. The second-order valence-electron chi connectivity index (χ2n) is 12.2. The Morgan fingerprint density at radius 2 is 1.82 bits per heavy atom. The van der Waals surface area contributed by atoms with Crippen LogP contribution in [0.4, 0.5) is 0 Å². The van der Waals surface area contributed by atoms with Crippen molar-refractivity contribution < 1.29 is 4.79 Å². The zero-order chi connectivity index (χ0) is 26.7. The highest BCUT2D eigenvalue weighted by Crippen LogP contribution is 2.28. The molecule has 38 heavy (non-hydrogen) atoms. The van der Waals surface area contributed by atoms with Crippen molar-refractivity contribution in [3.05, 3.63) is 35.9 Å². The van der Waals surface area contributed by atoms with E-state index in [2.05, 4.69) is 64.6 Å². The molecule has 4 rings (SSSR count). The molecule has 1 aliphatic carbocycles. The first kappa shape index (κ1) is 29.8. The van der Waals surface area contributed by atoms with E-state index in [1.165, 1.54) is 44.1 Å². The van der Waals surface area contributed by atoms with Crippen molar-refractivity contribution in [2.75, 3.05) is 31.3 Å². The minimum absolute atomic E-state index is 0.196. The topological polar surface area (TPSA) is 47.6 Å². The highest BCUT2D eigenvalue weighted by molar-refractivity contribution is 7.99. The quantitative estimate of drug-likeness (QED) is 0.315. The molecule has 1 aromatic rings. The lowest BCUT2D eigenvalue weighted by atomic mass is 9.85. The Morgan fingerprint density at radius 1 is 1.08 bits per heavy atom. The van der Waals surface area contributed by atoms with Crippen LogP contribution in [0, 0.1) is 11.8 Å². The molecule has 0 aromatic heterocycles. The van der Waals surface area contributed by atoms with Crippen LogP contribution in [0.3, 0.4) is 0 Å². The van der Waals surface area contributed by atoms with E-state index >= 15 is 0 Å². The van der Waals surface area contributed by atoms with Gasteiger partial charge in [-0.05, 0) is 43.1 Å². The third-order valence-corrected chi connectivity index (χ3v) is 10.1. The van der Waals surface area contributed by atoms with Crippen LogP contribution in [-0.4, -0.2) is 70.1 Å². The molecule has 7 heteroatoms. The predicted molar refractivity (Wildman–Crippen MR) is 165 cm³/mol. The van der Waals surface area contributed by atoms with E-state index in [4.69, 9.17) is 12.2 Å². The van der Waals surface area contributed by atoms with E-state index in [0.717, 1.165) is 68.0 Å². The number of carbonyl (C=O) groups is 1. The third-order valence-electron chi connectivity index (χ3n) is 8.57. The molecule has 5 nitrogen and oxygen atoms in total. The van der Waals surface area contributed by atoms with Gasteiger partial charge in [0.15, 0.2) is 0 Å². The number of thioether (sulfide) groups is 1. The summed E-state index contributed by atoms with van der Waals surface area (Å²) in [5.41, 5.74) is 1.40. The predicted octanol–water partition coefficient (Wildman–Crippen LogP) is 5.83. The van der Waals surface area contributed by atoms with E-state index in [1.807, 2.05) is 11.8 Å². The van der Waals surface area contributed by atoms with Gasteiger partial charge in [-0.1, -0.05) is 88.5 Å². The molecule has 2 aliphatic heterocycles. The largest absolute Gasteiger partial charge is 0.376 e. The van der Waals surface area contributed by atoms with Gasteiger partial charge < -0.3 is 15.5 Å². The molecule has 1 saturated carbocycles. The van der Waals surface area contributed by atoms with Crippen LogP contribution in [0.25, 0.3) is 0 Å². The molecular weight excluding hydrogens is 509 g/mol. The summed E-state index contributed by atoms with van der Waals surface area (Å²) in [6, 6.07) is 11.7. The van der Waals surface area contributed by atoms with Gasteiger partial charge in [0.1, 0.15) is 0 Å². The number of hydrogen-bond acceptors (Lipinski definition) is 5. The van der Waals surface area contributed by atoms with Gasteiger partial charge in [-0.2, -0.15) is 0 Å². The SMILES string of the molecule is CC(C)CC(=O)N1CSC[C@H]1CN[C@H](CCC1CCCCC1)C(=S)NC1CCN(Cc2ccccc2)CC1. The van der Waals surface area contributed by atoms with E-state index in [1.54, 1.807) is 0 Å². The summed E-state index contributed by atoms with van der Waals surface area (Å²) in [5, 5.41) is 7.63. The Kier molecular flexibility index (Phi) is 12.2.